The van der Waals surface area contributed by atoms with Crippen LogP contribution >= 0.6 is 11.3 Å². The normalized spacial score (nSPS) is 14.9. The van der Waals surface area contributed by atoms with E-state index in [0.717, 1.165) is 22.8 Å². The van der Waals surface area contributed by atoms with Crippen LogP contribution in [0, 0.1) is 0 Å². The highest BCUT2D eigenvalue weighted by Gasteiger charge is 2.20. The first-order chi connectivity index (χ1) is 8.72. The van der Waals surface area contributed by atoms with Crippen molar-refractivity contribution in [3.63, 3.8) is 0 Å². The molecule has 1 aliphatic rings. The van der Waals surface area contributed by atoms with Crippen molar-refractivity contribution >= 4 is 11.3 Å². The van der Waals surface area contributed by atoms with Gasteiger partial charge in [-0.3, -0.25) is 0 Å². The lowest BCUT2D eigenvalue weighted by Crippen LogP contribution is -2.15. The molecule has 0 spiro atoms. The van der Waals surface area contributed by atoms with Gasteiger partial charge in [-0.15, -0.1) is 11.3 Å². The Bertz CT molecular complexity index is 564. The molecule has 0 atom stereocenters. The number of nitrogens with one attached hydrogen (secondary N) is 1. The summed E-state index contributed by atoms with van der Waals surface area (Å²) in [7, 11) is 0. The molecule has 0 aliphatic heterocycles. The molecule has 2 aromatic rings. The second kappa shape index (κ2) is 4.59. The van der Waals surface area contributed by atoms with Crippen LogP contribution in [0.15, 0.2) is 23.6 Å². The van der Waals surface area contributed by atoms with Crippen molar-refractivity contribution in [3.8, 4) is 22.1 Å². The van der Waals surface area contributed by atoms with Crippen LogP contribution in [0.4, 0.5) is 0 Å². The van der Waals surface area contributed by atoms with Crippen molar-refractivity contribution < 1.29 is 10.2 Å². The lowest BCUT2D eigenvalue weighted by atomic mass is 10.2. The first-order valence-electron chi connectivity index (χ1n) is 5.92. The fraction of sp³-hybridized carbons (Fsp3) is 0.308. The van der Waals surface area contributed by atoms with E-state index in [1.54, 1.807) is 17.4 Å². The Balaban J connectivity index is 1.76. The number of hydrogen-bond acceptors (Lipinski definition) is 5. The van der Waals surface area contributed by atoms with Crippen LogP contribution in [0.2, 0.25) is 0 Å². The van der Waals surface area contributed by atoms with Gasteiger partial charge in [-0.1, -0.05) is 0 Å². The van der Waals surface area contributed by atoms with Gasteiger partial charge in [0, 0.05) is 23.5 Å². The maximum absolute atomic E-state index is 9.47. The van der Waals surface area contributed by atoms with E-state index >= 15 is 0 Å². The molecular formula is C13H14N2O2S. The van der Waals surface area contributed by atoms with Gasteiger partial charge in [0.2, 0.25) is 0 Å². The van der Waals surface area contributed by atoms with Gasteiger partial charge in [0.05, 0.1) is 5.69 Å². The lowest BCUT2D eigenvalue weighted by molar-refractivity contribution is 0.404. The maximum atomic E-state index is 9.47. The minimum absolute atomic E-state index is 0.106. The fourth-order valence-electron chi connectivity index (χ4n) is 1.71. The minimum Gasteiger partial charge on any atom is -0.504 e. The van der Waals surface area contributed by atoms with Crippen LogP contribution in [0.25, 0.3) is 10.6 Å². The topological polar surface area (TPSA) is 65.4 Å². The lowest BCUT2D eigenvalue weighted by Gasteiger charge is -2.00. The molecule has 0 bridgehead atoms. The molecule has 5 heteroatoms. The summed E-state index contributed by atoms with van der Waals surface area (Å²) in [6.45, 7) is 0.797. The van der Waals surface area contributed by atoms with E-state index in [-0.39, 0.29) is 11.5 Å². The van der Waals surface area contributed by atoms with Gasteiger partial charge in [-0.25, -0.2) is 4.98 Å². The van der Waals surface area contributed by atoms with Crippen LogP contribution in [-0.2, 0) is 6.54 Å². The Labute approximate surface area is 109 Å². The Kier molecular flexibility index (Phi) is 2.93. The van der Waals surface area contributed by atoms with Crippen molar-refractivity contribution in [2.75, 3.05) is 0 Å². The number of aromatic nitrogens is 1. The van der Waals surface area contributed by atoms with Gasteiger partial charge in [0.25, 0.3) is 0 Å². The van der Waals surface area contributed by atoms with Crippen molar-refractivity contribution in [2.45, 2.75) is 25.4 Å². The molecule has 94 valence electrons. The summed E-state index contributed by atoms with van der Waals surface area (Å²) < 4.78 is 0. The number of nitrogens with zero attached hydrogens (tertiary/aromatic N) is 1. The number of hydrogen-bond donors (Lipinski definition) is 3. The predicted octanol–water partition coefficient (Wildman–Crippen LogP) is 2.47. The molecule has 18 heavy (non-hydrogen) atoms. The second-order valence-electron chi connectivity index (χ2n) is 4.50. The molecule has 1 aliphatic carbocycles. The van der Waals surface area contributed by atoms with Crippen LogP contribution in [0.3, 0.4) is 0 Å². The van der Waals surface area contributed by atoms with E-state index in [1.165, 1.54) is 25.0 Å². The summed E-state index contributed by atoms with van der Waals surface area (Å²) in [4.78, 5) is 4.51. The molecule has 1 saturated carbocycles. The van der Waals surface area contributed by atoms with E-state index < -0.39 is 0 Å². The van der Waals surface area contributed by atoms with Crippen molar-refractivity contribution in [3.05, 3.63) is 29.3 Å². The highest BCUT2D eigenvalue weighted by molar-refractivity contribution is 7.13. The van der Waals surface area contributed by atoms with Crippen molar-refractivity contribution in [1.29, 1.82) is 0 Å². The zero-order chi connectivity index (χ0) is 12.5. The first-order valence-corrected chi connectivity index (χ1v) is 6.80. The summed E-state index contributed by atoms with van der Waals surface area (Å²) in [6.07, 6.45) is 2.53. The van der Waals surface area contributed by atoms with E-state index in [4.69, 9.17) is 0 Å². The first kappa shape index (κ1) is 11.5. The quantitative estimate of drug-likeness (QED) is 0.741. The predicted molar refractivity (Wildman–Crippen MR) is 70.7 cm³/mol. The van der Waals surface area contributed by atoms with E-state index in [1.807, 2.05) is 5.38 Å². The number of thiazole rings is 1. The summed E-state index contributed by atoms with van der Waals surface area (Å²) in [6, 6.07) is 5.44. The largest absolute Gasteiger partial charge is 0.504 e. The molecule has 0 saturated heterocycles. The summed E-state index contributed by atoms with van der Waals surface area (Å²) in [5.41, 5.74) is 1.85. The maximum Gasteiger partial charge on any atom is 0.158 e. The van der Waals surface area contributed by atoms with Crippen LogP contribution in [-0.4, -0.2) is 21.2 Å². The third kappa shape index (κ3) is 2.47. The number of phenolic OH excluding ortho intramolecular Hbond substituents is 2. The molecule has 1 fully saturated rings. The monoisotopic (exact) mass is 262 g/mol. The van der Waals surface area contributed by atoms with Gasteiger partial charge in [-0.2, -0.15) is 0 Å². The van der Waals surface area contributed by atoms with Gasteiger partial charge in [0.1, 0.15) is 5.01 Å². The SMILES string of the molecule is Oc1ccc(-c2nc(CNC3CC3)cs2)cc1O. The Hall–Kier alpha value is -1.59. The molecule has 0 unspecified atom stereocenters. The molecule has 1 aromatic carbocycles. The molecule has 3 N–H and O–H groups in total. The van der Waals surface area contributed by atoms with Gasteiger partial charge in [-0.05, 0) is 31.0 Å². The van der Waals surface area contributed by atoms with Gasteiger partial charge < -0.3 is 15.5 Å². The molecule has 4 nitrogen and oxygen atoms in total. The molecular weight excluding hydrogens is 248 g/mol. The van der Waals surface area contributed by atoms with E-state index in [9.17, 15) is 10.2 Å². The van der Waals surface area contributed by atoms with Gasteiger partial charge in [0.15, 0.2) is 11.5 Å². The molecule has 1 heterocycles. The molecule has 0 amide bonds. The van der Waals surface area contributed by atoms with Crippen LogP contribution in [0.5, 0.6) is 11.5 Å². The summed E-state index contributed by atoms with van der Waals surface area (Å²) in [5, 5.41) is 25.0. The minimum atomic E-state index is -0.111. The molecule has 1 aromatic heterocycles. The summed E-state index contributed by atoms with van der Waals surface area (Å²) >= 11 is 1.55. The average molecular weight is 262 g/mol. The average Bonchev–Trinajstić information content (AvgIpc) is 3.08. The van der Waals surface area contributed by atoms with Crippen molar-refractivity contribution in [1.82, 2.24) is 10.3 Å². The number of aromatic hydroxyl groups is 2. The van der Waals surface area contributed by atoms with Gasteiger partial charge >= 0.3 is 0 Å². The molecule has 3 rings (SSSR count). The Morgan fingerprint density at radius 3 is 2.83 bits per heavy atom. The zero-order valence-corrected chi connectivity index (χ0v) is 10.6. The number of benzene rings is 1. The zero-order valence-electron chi connectivity index (χ0n) is 9.76. The number of rotatable bonds is 4. The molecule has 0 radical (unpaired) electrons. The fourth-order valence-corrected chi connectivity index (χ4v) is 2.53. The highest BCUT2D eigenvalue weighted by atomic mass is 32.1. The van der Waals surface area contributed by atoms with E-state index in [2.05, 4.69) is 10.3 Å². The van der Waals surface area contributed by atoms with Crippen molar-refractivity contribution in [2.24, 2.45) is 0 Å². The Morgan fingerprint density at radius 1 is 1.28 bits per heavy atom. The highest BCUT2D eigenvalue weighted by Crippen LogP contribution is 2.32. The smallest absolute Gasteiger partial charge is 0.158 e. The van der Waals surface area contributed by atoms with E-state index in [0.29, 0.717) is 6.04 Å². The van der Waals surface area contributed by atoms with Crippen LogP contribution < -0.4 is 5.32 Å². The number of phenols is 2. The third-order valence-electron chi connectivity index (χ3n) is 2.92. The summed E-state index contributed by atoms with van der Waals surface area (Å²) in [5.74, 6) is -0.216. The third-order valence-corrected chi connectivity index (χ3v) is 3.86. The van der Waals surface area contributed by atoms with Crippen LogP contribution in [0.1, 0.15) is 18.5 Å². The Morgan fingerprint density at radius 2 is 2.11 bits per heavy atom. The standard InChI is InChI=1S/C13H14N2O2S/c16-11-4-1-8(5-12(11)17)13-15-10(7-18-13)6-14-9-2-3-9/h1,4-5,7,9,14,16-17H,2-3,6H2. The second-order valence-corrected chi connectivity index (χ2v) is 5.36.